The second kappa shape index (κ2) is 38.0. The number of hydrazone groups is 2. The molecule has 0 radical (unpaired) electrons. The molecule has 0 fully saturated rings. The third-order valence-electron chi connectivity index (χ3n) is 13.3. The van der Waals surface area contributed by atoms with E-state index in [-0.39, 0.29) is 223 Å². The van der Waals surface area contributed by atoms with Gasteiger partial charge >= 0.3 is 189 Å². The predicted octanol–water partition coefficient (Wildman–Crippen LogP) is -14.2. The summed E-state index contributed by atoms with van der Waals surface area (Å²) in [4.78, 5) is 69.4. The smallest absolute Gasteiger partial charge is 0.744 e. The standard InChI is InChI=1S/C52H36Cl2N18O24S6.6Na/c53-47-59-49(55-25-7-17-35(99(85,86)87)33(19-25)65-67-39-41(45(75)76)69-71(43(39)73)29-9-13-31(14-10-29)97(79,80)81)63-51(61-47)57-27-5-3-23(37(21-27)101(91,92)93)1-2-24-4-6-28(22-38(24)102(94,95)96)58-52-62-48(54)60-50(64-52)56-26-8-18-36(100(88,89)90)34(20-26)66-68-40-42(46(77)78)70-72(44(40)74)30-11-15-32(16-12-30)98(82,83)84;;;;;;/h1-22,39-40H,(H,75,76)(H,77,78)(H,79,80,81)(H,82,83,84)(H,85,86,87)(H,88,89,90)(H,91,92,93)(H,94,95,96)(H2,55,57,59,61,63)(H2,56,58,60,62,64);;;;;;/q;6*+1/p-6/b2-1+,67-65?,68-66?;;;;;;. The molecular weight excluding hydrogens is 1660 g/mol. The molecule has 42 nitrogen and oxygen atoms in total. The fraction of sp³-hybridized carbons (Fsp3) is 0.0385. The molecule has 10 rings (SSSR count). The zero-order chi connectivity index (χ0) is 74.3. The van der Waals surface area contributed by atoms with Gasteiger partial charge in [-0.05, 0) is 144 Å². The molecule has 2 aromatic heterocycles. The Labute approximate surface area is 751 Å². The van der Waals surface area contributed by atoms with Crippen LogP contribution in [0.25, 0.3) is 12.2 Å². The van der Waals surface area contributed by atoms with Gasteiger partial charge < -0.3 is 58.8 Å². The number of hydrogen-bond donors (Lipinski definition) is 6. The fourth-order valence-corrected chi connectivity index (χ4v) is 12.7. The van der Waals surface area contributed by atoms with E-state index in [1.807, 2.05) is 0 Å². The van der Waals surface area contributed by atoms with Gasteiger partial charge in [-0.1, -0.05) is 24.3 Å². The van der Waals surface area contributed by atoms with Crippen molar-refractivity contribution in [2.75, 3.05) is 31.3 Å². The number of azo groups is 2. The molecule has 8 aromatic rings. The van der Waals surface area contributed by atoms with Crippen molar-refractivity contribution in [2.24, 2.45) is 30.7 Å². The molecule has 56 heteroatoms. The zero-order valence-corrected chi connectivity index (χ0v) is 73.6. The van der Waals surface area contributed by atoms with Gasteiger partial charge in [0.25, 0.3) is 11.8 Å². The number of aromatic nitrogens is 6. The molecule has 2 atom stereocenters. The van der Waals surface area contributed by atoms with E-state index in [2.05, 4.69) is 81.8 Å². The van der Waals surface area contributed by atoms with Crippen LogP contribution in [0.5, 0.6) is 0 Å². The van der Waals surface area contributed by atoms with Crippen molar-refractivity contribution in [1.29, 1.82) is 0 Å². The van der Waals surface area contributed by atoms with Gasteiger partial charge in [-0.3, -0.25) is 9.59 Å². The average Bonchev–Trinajstić information content (AvgIpc) is 1.45. The molecular formula is C52H30Cl2N18Na6O24S6. The Morgan fingerprint density at radius 2 is 0.676 bits per heavy atom. The first kappa shape index (κ1) is 95.1. The number of nitrogens with zero attached hydrogens (tertiary/aromatic N) is 14. The Balaban J connectivity index is 0.00000411. The molecule has 2 aliphatic rings. The summed E-state index contributed by atoms with van der Waals surface area (Å²) >= 11 is 12.3. The predicted molar refractivity (Wildman–Crippen MR) is 340 cm³/mol. The Morgan fingerprint density at radius 3 is 0.944 bits per heavy atom. The Hall–Kier alpha value is -5.26. The van der Waals surface area contributed by atoms with Crippen LogP contribution in [0.15, 0.2) is 181 Å². The molecule has 0 aliphatic carbocycles. The summed E-state index contributed by atoms with van der Waals surface area (Å²) in [5.41, 5.74) is -5.54. The van der Waals surface area contributed by atoms with Crippen LogP contribution in [0.4, 0.5) is 69.3 Å². The maximum Gasteiger partial charge on any atom is 1.00 e. The molecule has 2 unspecified atom stereocenters. The van der Waals surface area contributed by atoms with E-state index in [9.17, 15) is 107 Å². The van der Waals surface area contributed by atoms with E-state index in [1.165, 1.54) is 12.1 Å². The molecule has 6 N–H and O–H groups in total. The van der Waals surface area contributed by atoms with Crippen molar-refractivity contribution in [1.82, 2.24) is 29.9 Å². The molecule has 0 saturated carbocycles. The number of aliphatic carboxylic acids is 2. The average molecular weight is 1690 g/mol. The van der Waals surface area contributed by atoms with Gasteiger partial charge in [0, 0.05) is 22.7 Å². The van der Waals surface area contributed by atoms with Gasteiger partial charge in [0.1, 0.15) is 72.1 Å². The van der Waals surface area contributed by atoms with Crippen molar-refractivity contribution in [3.8, 4) is 0 Å². The van der Waals surface area contributed by atoms with E-state index in [1.54, 1.807) is 0 Å². The Bertz CT molecular complexity index is 5470. The molecule has 2 aliphatic heterocycles. The normalized spacial score (nSPS) is 14.6. The van der Waals surface area contributed by atoms with E-state index < -0.39 is 183 Å². The van der Waals surface area contributed by atoms with Crippen molar-refractivity contribution in [2.45, 2.75) is 41.5 Å². The van der Waals surface area contributed by atoms with Gasteiger partial charge in [-0.25, -0.2) is 60.1 Å². The van der Waals surface area contributed by atoms with Crippen LogP contribution in [0, 0.1) is 0 Å². The van der Waals surface area contributed by atoms with Crippen molar-refractivity contribution < 1.29 is 285 Å². The summed E-state index contributed by atoms with van der Waals surface area (Å²) in [7, 11) is -31.5. The minimum atomic E-state index is -5.44. The summed E-state index contributed by atoms with van der Waals surface area (Å²) in [6, 6.07) is 14.1. The fourth-order valence-electron chi connectivity index (χ4n) is 8.86. The first-order valence-corrected chi connectivity index (χ1v) is 36.0. The second-order valence-electron chi connectivity index (χ2n) is 20.0. The number of halogens is 2. The van der Waals surface area contributed by atoms with Crippen LogP contribution in [-0.2, 0) is 79.9 Å². The Morgan fingerprint density at radius 1 is 0.398 bits per heavy atom. The molecule has 0 saturated heterocycles. The maximum absolute atomic E-state index is 13.4. The number of carboxylic acid groups (broad SMARTS) is 2. The number of carboxylic acids is 2. The summed E-state index contributed by atoms with van der Waals surface area (Å²) in [5, 5.41) is 51.8. The van der Waals surface area contributed by atoms with Crippen LogP contribution < -0.4 is 209 Å². The molecule has 0 spiro atoms. The van der Waals surface area contributed by atoms with Crippen molar-refractivity contribution in [3.63, 3.8) is 0 Å². The summed E-state index contributed by atoms with van der Waals surface area (Å²) < 4.78 is 218. The summed E-state index contributed by atoms with van der Waals surface area (Å²) in [6.45, 7) is 0. The van der Waals surface area contributed by atoms with E-state index in [0.717, 1.165) is 121 Å². The van der Waals surface area contributed by atoms with Crippen LogP contribution in [0.1, 0.15) is 11.1 Å². The summed E-state index contributed by atoms with van der Waals surface area (Å²) in [5.74, 6) is -7.89. The number of benzene rings is 6. The SMILES string of the molecule is O=C(O)C1=NN(c2ccc(S(=O)(=O)[O-])cc2)C(=O)C1N=Nc1cc(Nc2nc(Cl)nc(Nc3ccc(/C=C/c4ccc(Nc5nc(Cl)nc(Nc6ccc(S(=O)(=O)[O-])c(N=NC7C(=O)N(c8ccc(S(=O)(=O)[O-])cc8)N=C7C(=O)O)c6)n5)cc4S(=O)(=O)[O-])c(S(=O)(=O)[O-])c3)n2)ccc1S(=O)(=O)[O-].[Na+].[Na+].[Na+].[Na+].[Na+].[Na+]. The maximum atomic E-state index is 13.4. The van der Waals surface area contributed by atoms with Crippen LogP contribution in [0.3, 0.4) is 0 Å². The second-order valence-corrected chi connectivity index (χ2v) is 28.9. The Kier molecular flexibility index (Phi) is 33.5. The molecule has 4 heterocycles. The van der Waals surface area contributed by atoms with Gasteiger partial charge in [0.15, 0.2) is 11.4 Å². The van der Waals surface area contributed by atoms with Gasteiger partial charge in [-0.15, -0.1) is 0 Å². The van der Waals surface area contributed by atoms with Crippen LogP contribution in [-0.4, -0.2) is 165 Å². The van der Waals surface area contributed by atoms with Crippen molar-refractivity contribution in [3.05, 3.63) is 143 Å². The van der Waals surface area contributed by atoms with Crippen molar-refractivity contribution >= 4 is 201 Å². The molecule has 6 aromatic carbocycles. The molecule has 0 bridgehead atoms. The quantitative estimate of drug-likeness (QED) is 0.0142. The third-order valence-corrected chi connectivity index (χ3v) is 18.9. The van der Waals surface area contributed by atoms with Crippen LogP contribution >= 0.6 is 23.2 Å². The monoisotopic (exact) mass is 1690 g/mol. The number of rotatable bonds is 24. The number of anilines is 10. The first-order valence-electron chi connectivity index (χ1n) is 26.8. The topological polar surface area (TPSA) is 658 Å². The molecule has 528 valence electrons. The van der Waals surface area contributed by atoms with Crippen LogP contribution in [0.2, 0.25) is 10.6 Å². The van der Waals surface area contributed by atoms with E-state index in [0.29, 0.717) is 10.0 Å². The van der Waals surface area contributed by atoms with E-state index >= 15 is 0 Å². The van der Waals surface area contributed by atoms with Gasteiger partial charge in [-0.2, -0.15) is 70.6 Å². The summed E-state index contributed by atoms with van der Waals surface area (Å²) in [6.07, 6.45) is 1.91. The number of hydrogen-bond acceptors (Lipinski definition) is 38. The van der Waals surface area contributed by atoms with E-state index in [4.69, 9.17) is 23.2 Å². The van der Waals surface area contributed by atoms with Gasteiger partial charge in [0.05, 0.1) is 40.7 Å². The zero-order valence-electron chi connectivity index (χ0n) is 55.2. The number of amides is 2. The minimum absolute atomic E-state index is 0. The largest absolute Gasteiger partial charge is 1.00 e. The minimum Gasteiger partial charge on any atom is -0.744 e. The first-order chi connectivity index (χ1) is 47.6. The third kappa shape index (κ3) is 23.7. The number of carbonyl (C=O) groups excluding carboxylic acids is 2. The molecule has 108 heavy (non-hydrogen) atoms. The van der Waals surface area contributed by atoms with Gasteiger partial charge in [0.2, 0.25) is 46.4 Å². The molecule has 2 amide bonds. The number of nitrogens with one attached hydrogen (secondary N) is 4. The number of carbonyl (C=O) groups is 4.